The molecule has 0 aromatic heterocycles. The van der Waals surface area contributed by atoms with Gasteiger partial charge in [0, 0.05) is 39.3 Å². The van der Waals surface area contributed by atoms with E-state index in [0.717, 1.165) is 19.6 Å². The summed E-state index contributed by atoms with van der Waals surface area (Å²) < 4.78 is 20.0. The molecule has 0 bridgehead atoms. The van der Waals surface area contributed by atoms with Gasteiger partial charge >= 0.3 is 6.09 Å². The van der Waals surface area contributed by atoms with Crippen LogP contribution in [0, 0.1) is 5.82 Å². The maximum absolute atomic E-state index is 14.8. The van der Waals surface area contributed by atoms with Gasteiger partial charge in [0.1, 0.15) is 11.9 Å². The van der Waals surface area contributed by atoms with Crippen molar-refractivity contribution < 1.29 is 13.9 Å². The van der Waals surface area contributed by atoms with Gasteiger partial charge in [0.05, 0.1) is 17.9 Å². The summed E-state index contributed by atoms with van der Waals surface area (Å²) in [6, 6.07) is 15.2. The van der Waals surface area contributed by atoms with Crippen LogP contribution >= 0.6 is 0 Å². The van der Waals surface area contributed by atoms with Gasteiger partial charge in [-0.05, 0) is 17.7 Å². The van der Waals surface area contributed by atoms with E-state index >= 15 is 0 Å². The van der Waals surface area contributed by atoms with Crippen molar-refractivity contribution in [3.63, 3.8) is 0 Å². The van der Waals surface area contributed by atoms with Crippen LogP contribution in [0.3, 0.4) is 0 Å². The number of nitrogens with two attached hydrogens (primary N) is 1. The number of hydrogen-bond acceptors (Lipinski definition) is 5. The number of hydrogen-bond donors (Lipinski definition) is 1. The smallest absolute Gasteiger partial charge is 0.414 e. The van der Waals surface area contributed by atoms with E-state index in [1.807, 2.05) is 23.1 Å². The number of para-hydroxylation sites is 1. The molecule has 2 heterocycles. The predicted molar refractivity (Wildman–Crippen MR) is 107 cm³/mol. The molecule has 1 unspecified atom stereocenters. The highest BCUT2D eigenvalue weighted by atomic mass is 19.1. The average molecular weight is 384 g/mol. The van der Waals surface area contributed by atoms with Crippen LogP contribution in [0.2, 0.25) is 0 Å². The Labute approximate surface area is 164 Å². The molecule has 1 amide bonds. The predicted octanol–water partition coefficient (Wildman–Crippen LogP) is 2.43. The van der Waals surface area contributed by atoms with Crippen LogP contribution in [0.25, 0.3) is 0 Å². The fraction of sp³-hybridized carbons (Fsp3) is 0.381. The van der Waals surface area contributed by atoms with Crippen LogP contribution < -0.4 is 15.5 Å². The lowest BCUT2D eigenvalue weighted by atomic mass is 10.1. The van der Waals surface area contributed by atoms with Crippen molar-refractivity contribution in [3.8, 4) is 0 Å². The molecule has 2 fully saturated rings. The zero-order chi connectivity index (χ0) is 19.5. The van der Waals surface area contributed by atoms with E-state index in [4.69, 9.17) is 10.5 Å². The van der Waals surface area contributed by atoms with Crippen molar-refractivity contribution in [1.82, 2.24) is 4.90 Å². The summed E-state index contributed by atoms with van der Waals surface area (Å²) >= 11 is 0. The molecule has 0 radical (unpaired) electrons. The lowest BCUT2D eigenvalue weighted by Gasteiger charge is -2.37. The Morgan fingerprint density at radius 1 is 1.04 bits per heavy atom. The number of anilines is 2. The van der Waals surface area contributed by atoms with Gasteiger partial charge in [0.25, 0.3) is 0 Å². The van der Waals surface area contributed by atoms with E-state index in [2.05, 4.69) is 17.0 Å². The van der Waals surface area contributed by atoms with E-state index in [-0.39, 0.29) is 18.5 Å². The van der Waals surface area contributed by atoms with Gasteiger partial charge in [0.2, 0.25) is 0 Å². The molecule has 4 rings (SSSR count). The molecule has 2 aromatic carbocycles. The quantitative estimate of drug-likeness (QED) is 0.858. The van der Waals surface area contributed by atoms with Crippen LogP contribution in [0.15, 0.2) is 48.5 Å². The highest BCUT2D eigenvalue weighted by molar-refractivity contribution is 5.94. The zero-order valence-electron chi connectivity index (χ0n) is 15.8. The molecule has 1 atom stereocenters. The molecule has 0 spiro atoms. The monoisotopic (exact) mass is 384 g/mol. The topological polar surface area (TPSA) is 62.0 Å². The van der Waals surface area contributed by atoms with Crippen LogP contribution in [-0.2, 0) is 11.3 Å². The van der Waals surface area contributed by atoms with Crippen molar-refractivity contribution >= 4 is 17.5 Å². The Morgan fingerprint density at radius 3 is 2.46 bits per heavy atom. The zero-order valence-corrected chi connectivity index (χ0v) is 15.8. The van der Waals surface area contributed by atoms with E-state index in [1.54, 1.807) is 12.1 Å². The van der Waals surface area contributed by atoms with E-state index < -0.39 is 6.09 Å². The third kappa shape index (κ3) is 3.81. The van der Waals surface area contributed by atoms with Gasteiger partial charge in [-0.25, -0.2) is 9.18 Å². The first kappa shape index (κ1) is 18.7. The first-order valence-corrected chi connectivity index (χ1v) is 9.63. The van der Waals surface area contributed by atoms with Crippen molar-refractivity contribution in [2.45, 2.75) is 12.6 Å². The molecule has 2 aliphatic heterocycles. The number of carbonyl (C=O) groups is 1. The van der Waals surface area contributed by atoms with Gasteiger partial charge < -0.3 is 15.4 Å². The second-order valence-corrected chi connectivity index (χ2v) is 7.21. The molecular weight excluding hydrogens is 359 g/mol. The fourth-order valence-corrected chi connectivity index (χ4v) is 3.85. The summed E-state index contributed by atoms with van der Waals surface area (Å²) in [7, 11) is 0. The Morgan fingerprint density at radius 2 is 1.79 bits per heavy atom. The number of cyclic esters (lactones) is 1. The minimum Gasteiger partial charge on any atom is -0.443 e. The molecule has 6 nitrogen and oxygen atoms in total. The summed E-state index contributed by atoms with van der Waals surface area (Å²) in [5.74, 6) is -0.321. The molecule has 2 aliphatic rings. The van der Waals surface area contributed by atoms with Crippen molar-refractivity contribution in [2.24, 2.45) is 5.73 Å². The molecule has 2 N–H and O–H groups in total. The van der Waals surface area contributed by atoms with Crippen molar-refractivity contribution in [1.29, 1.82) is 0 Å². The number of ether oxygens (including phenoxy) is 1. The molecule has 0 aliphatic carbocycles. The lowest BCUT2D eigenvalue weighted by molar-refractivity contribution is 0.145. The van der Waals surface area contributed by atoms with Gasteiger partial charge in [-0.15, -0.1) is 0 Å². The maximum Gasteiger partial charge on any atom is 0.414 e. The van der Waals surface area contributed by atoms with Crippen molar-refractivity contribution in [3.05, 3.63) is 59.9 Å². The van der Waals surface area contributed by atoms with Crippen LogP contribution in [0.5, 0.6) is 0 Å². The molecule has 0 saturated carbocycles. The number of amides is 1. The highest BCUT2D eigenvalue weighted by Gasteiger charge is 2.34. The number of benzene rings is 2. The standard InChI is InChI=1S/C21H25FN4O2/c22-18-7-4-8-19(26-15-17(13-23)28-21(26)27)20(18)25-11-9-24(10-12-25)14-16-5-2-1-3-6-16/h1-8,17H,9-15,23H2. The first-order chi connectivity index (χ1) is 13.7. The van der Waals surface area contributed by atoms with Crippen LogP contribution in [0.1, 0.15) is 5.56 Å². The minimum absolute atomic E-state index is 0.255. The lowest BCUT2D eigenvalue weighted by Crippen LogP contribution is -2.46. The fourth-order valence-electron chi connectivity index (χ4n) is 3.85. The summed E-state index contributed by atoms with van der Waals surface area (Å²) in [6.07, 6.45) is -0.823. The van der Waals surface area contributed by atoms with Crippen LogP contribution in [0.4, 0.5) is 20.6 Å². The highest BCUT2D eigenvalue weighted by Crippen LogP contribution is 2.35. The van der Waals surface area contributed by atoms with Gasteiger partial charge in [-0.1, -0.05) is 36.4 Å². The number of halogens is 1. The molecule has 148 valence electrons. The Hall–Kier alpha value is -2.64. The Balaban J connectivity index is 1.49. The van der Waals surface area contributed by atoms with Gasteiger partial charge in [-0.3, -0.25) is 9.80 Å². The Bertz CT molecular complexity index is 824. The largest absolute Gasteiger partial charge is 0.443 e. The summed E-state index contributed by atoms with van der Waals surface area (Å²) in [4.78, 5) is 18.1. The third-order valence-electron chi connectivity index (χ3n) is 5.33. The van der Waals surface area contributed by atoms with Gasteiger partial charge in [0.15, 0.2) is 0 Å². The summed E-state index contributed by atoms with van der Waals surface area (Å²) in [5.41, 5.74) is 7.93. The SMILES string of the molecule is NCC1CN(c2cccc(F)c2N2CCN(Cc3ccccc3)CC2)C(=O)O1. The summed E-state index contributed by atoms with van der Waals surface area (Å²) in [6.45, 7) is 4.55. The number of rotatable bonds is 5. The first-order valence-electron chi connectivity index (χ1n) is 9.63. The minimum atomic E-state index is -0.468. The van der Waals surface area contributed by atoms with E-state index in [9.17, 15) is 9.18 Å². The molecular formula is C21H25FN4O2. The van der Waals surface area contributed by atoms with E-state index in [1.165, 1.54) is 16.5 Å². The van der Waals surface area contributed by atoms with Crippen molar-refractivity contribution in [2.75, 3.05) is 49.1 Å². The third-order valence-corrected chi connectivity index (χ3v) is 5.33. The van der Waals surface area contributed by atoms with Crippen LogP contribution in [-0.4, -0.2) is 56.4 Å². The number of carbonyl (C=O) groups excluding carboxylic acids is 1. The molecule has 2 aromatic rings. The number of piperazine rings is 1. The normalized spacial score (nSPS) is 20.5. The molecule has 28 heavy (non-hydrogen) atoms. The van der Waals surface area contributed by atoms with Gasteiger partial charge in [-0.2, -0.15) is 0 Å². The summed E-state index contributed by atoms with van der Waals surface area (Å²) in [5, 5.41) is 0. The molecule has 2 saturated heterocycles. The Kier molecular flexibility index (Phi) is 5.45. The second kappa shape index (κ2) is 8.16. The van der Waals surface area contributed by atoms with E-state index in [0.29, 0.717) is 31.0 Å². The number of nitrogens with zero attached hydrogens (tertiary/aromatic N) is 3. The maximum atomic E-state index is 14.8. The molecule has 7 heteroatoms. The average Bonchev–Trinajstić information content (AvgIpc) is 3.10. The second-order valence-electron chi connectivity index (χ2n) is 7.21.